The molecule has 0 radical (unpaired) electrons. The molecule has 0 bridgehead atoms. The van der Waals surface area contributed by atoms with Gasteiger partial charge >= 0.3 is 50.3 Å². The van der Waals surface area contributed by atoms with Crippen LogP contribution in [0.25, 0.3) is 0 Å². The van der Waals surface area contributed by atoms with Crippen molar-refractivity contribution in [3.63, 3.8) is 0 Å². The molecule has 2 heteroatoms. The van der Waals surface area contributed by atoms with Crippen LogP contribution >= 0.6 is 0 Å². The minimum atomic E-state index is -0.393. The fourth-order valence-corrected chi connectivity index (χ4v) is 10.3. The Labute approximate surface area is 50.4 Å². The average Bonchev–Trinajstić information content (AvgIpc) is 1.32. The summed E-state index contributed by atoms with van der Waals surface area (Å²) in [5, 5.41) is 0. The maximum atomic E-state index is 2.50. The predicted octanol–water partition coefficient (Wildman–Crippen LogP) is 1.33. The van der Waals surface area contributed by atoms with E-state index in [0.29, 0.717) is 20.9 Å². The van der Waals surface area contributed by atoms with Gasteiger partial charge in [-0.3, -0.25) is 0 Å². The molecule has 0 nitrogen and oxygen atoms in total. The third kappa shape index (κ3) is 0.991. The van der Waals surface area contributed by atoms with Crippen LogP contribution in [0.5, 0.6) is 0 Å². The quantitative estimate of drug-likeness (QED) is 0.533. The van der Waals surface area contributed by atoms with E-state index in [-0.39, 0.29) is 0 Å². The predicted molar refractivity (Wildman–Crippen MR) is 32.8 cm³/mol. The van der Waals surface area contributed by atoms with E-state index >= 15 is 0 Å². The molecule has 0 atom stereocenters. The van der Waals surface area contributed by atoms with Gasteiger partial charge in [-0.15, -0.1) is 0 Å². The minimum absolute atomic E-state index is 0.393. The summed E-state index contributed by atoms with van der Waals surface area (Å²) in [6, 6.07) is 0. The first-order valence-electron chi connectivity index (χ1n) is 2.28. The van der Waals surface area contributed by atoms with Gasteiger partial charge in [0.15, 0.2) is 0 Å². The van der Waals surface area contributed by atoms with Crippen molar-refractivity contribution in [2.45, 2.75) is 21.3 Å². The van der Waals surface area contributed by atoms with E-state index in [2.05, 4.69) is 13.1 Å². The van der Waals surface area contributed by atoms with Crippen molar-refractivity contribution in [3.8, 4) is 0 Å². The van der Waals surface area contributed by atoms with E-state index in [1.165, 1.54) is 0 Å². The second kappa shape index (κ2) is 1.50. The van der Waals surface area contributed by atoms with Crippen molar-refractivity contribution in [2.75, 3.05) is 0 Å². The average molecular weight is 214 g/mol. The van der Waals surface area contributed by atoms with E-state index < -0.39 is 8.07 Å². The van der Waals surface area contributed by atoms with Crippen LogP contribution in [0, 0.1) is 0 Å². The van der Waals surface area contributed by atoms with Gasteiger partial charge in [0.1, 0.15) is 0 Å². The second-order valence-electron chi connectivity index (χ2n) is 2.66. The molecular formula is C4H10SiTe. The molecule has 0 saturated carbocycles. The Morgan fingerprint density at radius 2 is 1.67 bits per heavy atom. The molecule has 0 N–H and O–H groups in total. The first kappa shape index (κ1) is 5.15. The SMILES string of the molecule is C[Si]1(C)C[Te]C1. The van der Waals surface area contributed by atoms with Crippen molar-refractivity contribution in [1.29, 1.82) is 0 Å². The molecule has 1 saturated heterocycles. The van der Waals surface area contributed by atoms with E-state index in [0.717, 1.165) is 0 Å². The Hall–Kier alpha value is 1.01. The fourth-order valence-electron chi connectivity index (χ4n) is 0.510. The molecule has 1 heterocycles. The van der Waals surface area contributed by atoms with Crippen molar-refractivity contribution < 1.29 is 0 Å². The first-order chi connectivity index (χ1) is 2.71. The fraction of sp³-hybridized carbons (Fsp3) is 1.00. The standard InChI is InChI=1S/C4H10SiTe/c1-5(2)3-6-4-5/h3-4H2,1-2H3. The third-order valence-electron chi connectivity index (χ3n) is 0.986. The summed E-state index contributed by atoms with van der Waals surface area (Å²) in [4.78, 5) is 0. The molecule has 0 spiro atoms. The zero-order valence-electron chi connectivity index (χ0n) is 4.32. The van der Waals surface area contributed by atoms with Crippen molar-refractivity contribution in [3.05, 3.63) is 0 Å². The second-order valence-corrected chi connectivity index (χ2v) is 13.7. The zero-order chi connectivity index (χ0) is 4.62. The summed E-state index contributed by atoms with van der Waals surface area (Å²) in [6.45, 7) is 5.00. The first-order valence-corrected chi connectivity index (χ1v) is 8.99. The van der Waals surface area contributed by atoms with Crippen molar-refractivity contribution in [1.82, 2.24) is 0 Å². The van der Waals surface area contributed by atoms with Gasteiger partial charge in [-0.05, 0) is 0 Å². The molecule has 0 aromatic rings. The van der Waals surface area contributed by atoms with Crippen LogP contribution in [0.3, 0.4) is 0 Å². The van der Waals surface area contributed by atoms with Gasteiger partial charge in [0, 0.05) is 0 Å². The Morgan fingerprint density at radius 1 is 1.33 bits per heavy atom. The molecule has 0 aromatic heterocycles. The molecule has 0 unspecified atom stereocenters. The molecule has 36 valence electrons. The number of hydrogen-bond acceptors (Lipinski definition) is 0. The molecule has 1 aliphatic heterocycles. The van der Waals surface area contributed by atoms with Crippen molar-refractivity contribution >= 4 is 29.0 Å². The monoisotopic (exact) mass is 216 g/mol. The Morgan fingerprint density at radius 3 is 1.67 bits per heavy atom. The molecular weight excluding hydrogens is 204 g/mol. The number of rotatable bonds is 0. The molecule has 1 rings (SSSR count). The summed E-state index contributed by atoms with van der Waals surface area (Å²) >= 11 is 0.624. The van der Waals surface area contributed by atoms with E-state index in [9.17, 15) is 0 Å². The van der Waals surface area contributed by atoms with Crippen LogP contribution in [0.1, 0.15) is 0 Å². The van der Waals surface area contributed by atoms with Crippen LogP contribution in [-0.2, 0) is 0 Å². The van der Waals surface area contributed by atoms with Crippen LogP contribution in [0.15, 0.2) is 0 Å². The van der Waals surface area contributed by atoms with Gasteiger partial charge in [-0.1, -0.05) is 0 Å². The van der Waals surface area contributed by atoms with Gasteiger partial charge in [-0.2, -0.15) is 0 Å². The number of hydrogen-bond donors (Lipinski definition) is 0. The van der Waals surface area contributed by atoms with Crippen LogP contribution < -0.4 is 0 Å². The maximum absolute atomic E-state index is 2.50. The summed E-state index contributed by atoms with van der Waals surface area (Å²) in [6.07, 6.45) is 0. The molecule has 0 amide bonds. The van der Waals surface area contributed by atoms with Gasteiger partial charge in [0.2, 0.25) is 0 Å². The third-order valence-corrected chi connectivity index (χ3v) is 19.8. The van der Waals surface area contributed by atoms with Crippen molar-refractivity contribution in [2.24, 2.45) is 0 Å². The van der Waals surface area contributed by atoms with Gasteiger partial charge < -0.3 is 0 Å². The van der Waals surface area contributed by atoms with Crippen LogP contribution in [-0.4, -0.2) is 29.0 Å². The van der Waals surface area contributed by atoms with E-state index in [1.807, 2.05) is 0 Å². The normalized spacial score (nSPS) is 29.0. The van der Waals surface area contributed by atoms with Gasteiger partial charge in [-0.25, -0.2) is 0 Å². The van der Waals surface area contributed by atoms with Crippen LogP contribution in [0.4, 0.5) is 0 Å². The summed E-state index contributed by atoms with van der Waals surface area (Å²) in [5.74, 6) is 0. The summed E-state index contributed by atoms with van der Waals surface area (Å²) in [5.41, 5.74) is 0. The Balaban J connectivity index is 2.31. The van der Waals surface area contributed by atoms with Gasteiger partial charge in [0.05, 0.1) is 0 Å². The Bertz CT molecular complexity index is 54.6. The molecule has 6 heavy (non-hydrogen) atoms. The Kier molecular flexibility index (Phi) is 1.29. The molecule has 1 aliphatic rings. The topological polar surface area (TPSA) is 0 Å². The molecule has 0 aromatic carbocycles. The van der Waals surface area contributed by atoms with E-state index in [1.54, 1.807) is 8.18 Å². The van der Waals surface area contributed by atoms with Gasteiger partial charge in [0.25, 0.3) is 0 Å². The summed E-state index contributed by atoms with van der Waals surface area (Å²) < 4.78 is 3.44. The van der Waals surface area contributed by atoms with E-state index in [4.69, 9.17) is 0 Å². The zero-order valence-corrected chi connectivity index (χ0v) is 7.65. The molecule has 0 aliphatic carbocycles. The van der Waals surface area contributed by atoms with Crippen LogP contribution in [0.2, 0.25) is 21.3 Å². The molecule has 1 fully saturated rings. The summed E-state index contributed by atoms with van der Waals surface area (Å²) in [7, 11) is -0.393.